The minimum absolute atomic E-state index is 0.0253. The molecule has 2 aromatic heterocycles. The molecule has 0 atom stereocenters. The fraction of sp³-hybridized carbons (Fsp3) is 0.409. The van der Waals surface area contributed by atoms with Crippen LogP contribution in [0.2, 0.25) is 0 Å². The predicted octanol–water partition coefficient (Wildman–Crippen LogP) is 3.15. The van der Waals surface area contributed by atoms with Gasteiger partial charge in [-0.2, -0.15) is 5.10 Å². The molecule has 1 saturated carbocycles. The van der Waals surface area contributed by atoms with Crippen molar-refractivity contribution in [2.45, 2.75) is 38.1 Å². The molecule has 6 nitrogen and oxygen atoms in total. The second-order valence-electron chi connectivity index (χ2n) is 8.07. The molecule has 0 bridgehead atoms. The minimum Gasteiger partial charge on any atom is -0.361 e. The summed E-state index contributed by atoms with van der Waals surface area (Å²) in [6, 6.07) is 11.3. The Hall–Kier alpha value is -2.89. The number of hydrogen-bond acceptors (Lipinski definition) is 3. The fourth-order valence-corrected chi connectivity index (χ4v) is 4.12. The van der Waals surface area contributed by atoms with Crippen LogP contribution in [0.25, 0.3) is 10.9 Å². The molecule has 1 aromatic carbocycles. The zero-order valence-electron chi connectivity index (χ0n) is 15.8. The van der Waals surface area contributed by atoms with Crippen molar-refractivity contribution in [1.82, 2.24) is 19.7 Å². The van der Waals surface area contributed by atoms with Gasteiger partial charge in [0.15, 0.2) is 0 Å². The van der Waals surface area contributed by atoms with Gasteiger partial charge in [0.1, 0.15) is 0 Å². The van der Waals surface area contributed by atoms with Crippen molar-refractivity contribution < 1.29 is 4.79 Å². The number of carbonyl (C=O) groups excluding carboxylic acids is 1. The summed E-state index contributed by atoms with van der Waals surface area (Å²) in [5, 5.41) is 5.63. The third-order valence-corrected chi connectivity index (χ3v) is 6.02. The van der Waals surface area contributed by atoms with Gasteiger partial charge in [-0.05, 0) is 61.9 Å². The van der Waals surface area contributed by atoms with Gasteiger partial charge in [-0.3, -0.25) is 9.59 Å². The Kier molecular flexibility index (Phi) is 4.26. The average molecular weight is 376 g/mol. The Morgan fingerprint density at radius 1 is 1.07 bits per heavy atom. The van der Waals surface area contributed by atoms with Gasteiger partial charge in [0.25, 0.3) is 11.5 Å². The van der Waals surface area contributed by atoms with E-state index in [0.29, 0.717) is 18.4 Å². The molecule has 144 valence electrons. The monoisotopic (exact) mass is 376 g/mol. The van der Waals surface area contributed by atoms with Crippen LogP contribution < -0.4 is 5.56 Å². The lowest BCUT2D eigenvalue weighted by Gasteiger charge is -2.32. The molecule has 2 fully saturated rings. The number of nitrogens with one attached hydrogen (secondary N) is 1. The first-order valence-electron chi connectivity index (χ1n) is 10.1. The van der Waals surface area contributed by atoms with Gasteiger partial charge >= 0.3 is 0 Å². The standard InChI is InChI=1S/C22H24N4O2/c27-21-6-5-20(16-1-2-16)24-26(21)14-15-8-11-25(12-9-15)22(28)18-3-4-19-17(13-18)7-10-23-19/h3-7,10,13,15-16,23H,1-2,8-9,11-12,14H2. The molecule has 1 amide bonds. The third-order valence-electron chi connectivity index (χ3n) is 6.02. The lowest BCUT2D eigenvalue weighted by molar-refractivity contribution is 0.0680. The maximum Gasteiger partial charge on any atom is 0.266 e. The number of aromatic nitrogens is 3. The minimum atomic E-state index is -0.0253. The van der Waals surface area contributed by atoms with Crippen molar-refractivity contribution >= 4 is 16.8 Å². The van der Waals surface area contributed by atoms with E-state index in [4.69, 9.17) is 0 Å². The average Bonchev–Trinajstić information content (AvgIpc) is 3.46. The Balaban J connectivity index is 1.23. The molecule has 0 radical (unpaired) electrons. The van der Waals surface area contributed by atoms with Crippen molar-refractivity contribution in [2.75, 3.05) is 13.1 Å². The first-order valence-corrected chi connectivity index (χ1v) is 10.1. The predicted molar refractivity (Wildman–Crippen MR) is 107 cm³/mol. The molecular formula is C22H24N4O2. The number of piperidine rings is 1. The van der Waals surface area contributed by atoms with E-state index in [9.17, 15) is 9.59 Å². The number of nitrogens with zero attached hydrogens (tertiary/aromatic N) is 3. The van der Waals surface area contributed by atoms with Crippen LogP contribution in [0.1, 0.15) is 47.7 Å². The van der Waals surface area contributed by atoms with Gasteiger partial charge in [0.05, 0.1) is 5.69 Å². The zero-order valence-corrected chi connectivity index (χ0v) is 15.8. The number of hydrogen-bond donors (Lipinski definition) is 1. The maximum atomic E-state index is 12.9. The lowest BCUT2D eigenvalue weighted by Crippen LogP contribution is -2.40. The van der Waals surface area contributed by atoms with E-state index in [-0.39, 0.29) is 11.5 Å². The first kappa shape index (κ1) is 17.2. The van der Waals surface area contributed by atoms with E-state index >= 15 is 0 Å². The number of rotatable bonds is 4. The molecule has 1 aliphatic heterocycles. The molecule has 1 saturated heterocycles. The molecular weight excluding hydrogens is 352 g/mol. The molecule has 5 rings (SSSR count). The van der Waals surface area contributed by atoms with Crippen molar-refractivity contribution in [1.29, 1.82) is 0 Å². The van der Waals surface area contributed by atoms with E-state index in [2.05, 4.69) is 10.1 Å². The Morgan fingerprint density at radius 2 is 1.89 bits per heavy atom. The third kappa shape index (κ3) is 3.35. The maximum absolute atomic E-state index is 12.9. The van der Waals surface area contributed by atoms with Gasteiger partial charge < -0.3 is 9.88 Å². The van der Waals surface area contributed by atoms with E-state index < -0.39 is 0 Å². The van der Waals surface area contributed by atoms with Crippen LogP contribution in [0.3, 0.4) is 0 Å². The van der Waals surface area contributed by atoms with E-state index in [1.165, 1.54) is 12.8 Å². The second-order valence-corrected chi connectivity index (χ2v) is 8.07. The number of benzene rings is 1. The summed E-state index contributed by atoms with van der Waals surface area (Å²) < 4.78 is 1.63. The van der Waals surface area contributed by atoms with Crippen molar-refractivity contribution in [2.24, 2.45) is 5.92 Å². The highest BCUT2D eigenvalue weighted by Gasteiger charge is 2.27. The van der Waals surface area contributed by atoms with Gasteiger partial charge in [-0.1, -0.05) is 0 Å². The highest BCUT2D eigenvalue weighted by molar-refractivity contribution is 5.98. The van der Waals surface area contributed by atoms with E-state index in [1.54, 1.807) is 10.7 Å². The molecule has 0 spiro atoms. The molecule has 28 heavy (non-hydrogen) atoms. The topological polar surface area (TPSA) is 71.0 Å². The zero-order chi connectivity index (χ0) is 19.1. The van der Waals surface area contributed by atoms with Crippen molar-refractivity contribution in [3.05, 3.63) is 64.2 Å². The molecule has 6 heteroatoms. The van der Waals surface area contributed by atoms with Gasteiger partial charge in [0, 0.05) is 54.3 Å². The van der Waals surface area contributed by atoms with Crippen LogP contribution in [0.4, 0.5) is 0 Å². The van der Waals surface area contributed by atoms with E-state index in [0.717, 1.165) is 48.1 Å². The highest BCUT2D eigenvalue weighted by Crippen LogP contribution is 2.38. The Labute approximate surface area is 163 Å². The highest BCUT2D eigenvalue weighted by atomic mass is 16.2. The number of amides is 1. The lowest BCUT2D eigenvalue weighted by atomic mass is 9.96. The summed E-state index contributed by atoms with van der Waals surface area (Å²) in [7, 11) is 0. The van der Waals surface area contributed by atoms with Crippen LogP contribution in [0, 0.1) is 5.92 Å². The number of carbonyl (C=O) groups is 1. The largest absolute Gasteiger partial charge is 0.361 e. The SMILES string of the molecule is O=C(c1ccc2[nH]ccc2c1)N1CCC(Cn2nc(C3CC3)ccc2=O)CC1. The van der Waals surface area contributed by atoms with E-state index in [1.807, 2.05) is 41.4 Å². The van der Waals surface area contributed by atoms with Crippen molar-refractivity contribution in [3.63, 3.8) is 0 Å². The summed E-state index contributed by atoms with van der Waals surface area (Å²) in [5.74, 6) is 1.02. The number of fused-ring (bicyclic) bond motifs is 1. The van der Waals surface area contributed by atoms with Crippen molar-refractivity contribution in [3.8, 4) is 0 Å². The molecule has 0 unspecified atom stereocenters. The fourth-order valence-electron chi connectivity index (χ4n) is 4.12. The summed E-state index contributed by atoms with van der Waals surface area (Å²) in [6.45, 7) is 2.11. The summed E-state index contributed by atoms with van der Waals surface area (Å²) in [6.07, 6.45) is 6.05. The van der Waals surface area contributed by atoms with Crippen LogP contribution in [0.5, 0.6) is 0 Å². The first-order chi connectivity index (χ1) is 13.7. The van der Waals surface area contributed by atoms with Crippen LogP contribution in [-0.2, 0) is 6.54 Å². The smallest absolute Gasteiger partial charge is 0.266 e. The van der Waals surface area contributed by atoms with Crippen LogP contribution in [0.15, 0.2) is 47.4 Å². The Morgan fingerprint density at radius 3 is 2.68 bits per heavy atom. The molecule has 3 heterocycles. The molecule has 3 aromatic rings. The second kappa shape index (κ2) is 6.93. The summed E-state index contributed by atoms with van der Waals surface area (Å²) in [4.78, 5) is 30.1. The summed E-state index contributed by atoms with van der Waals surface area (Å²) >= 11 is 0. The number of likely N-dealkylation sites (tertiary alicyclic amines) is 1. The van der Waals surface area contributed by atoms with Gasteiger partial charge in [0.2, 0.25) is 0 Å². The molecule has 1 N–H and O–H groups in total. The molecule has 2 aliphatic rings. The normalized spacial score (nSPS) is 17.9. The Bertz CT molecular complexity index is 1070. The number of aromatic amines is 1. The number of H-pyrrole nitrogens is 1. The van der Waals surface area contributed by atoms with Gasteiger partial charge in [-0.25, -0.2) is 4.68 Å². The van der Waals surface area contributed by atoms with Crippen LogP contribution in [-0.4, -0.2) is 38.7 Å². The molecule has 1 aliphatic carbocycles. The quantitative estimate of drug-likeness (QED) is 0.760. The summed E-state index contributed by atoms with van der Waals surface area (Å²) in [5.41, 5.74) is 2.80. The van der Waals surface area contributed by atoms with Crippen LogP contribution >= 0.6 is 0 Å². The van der Waals surface area contributed by atoms with Gasteiger partial charge in [-0.15, -0.1) is 0 Å².